The van der Waals surface area contributed by atoms with E-state index in [9.17, 15) is 9.18 Å². The fourth-order valence-corrected chi connectivity index (χ4v) is 3.85. The first kappa shape index (κ1) is 19.4. The van der Waals surface area contributed by atoms with Crippen LogP contribution >= 0.6 is 23.5 Å². The zero-order valence-corrected chi connectivity index (χ0v) is 16.2. The van der Waals surface area contributed by atoms with Gasteiger partial charge in [-0.25, -0.2) is 9.37 Å². The third kappa shape index (κ3) is 6.41. The minimum Gasteiger partial charge on any atom is -0.352 e. The van der Waals surface area contributed by atoms with Crippen LogP contribution in [0.25, 0.3) is 0 Å². The van der Waals surface area contributed by atoms with Crippen molar-refractivity contribution in [3.05, 3.63) is 71.8 Å². The molecule has 1 aromatic heterocycles. The Morgan fingerprint density at radius 2 is 1.85 bits per heavy atom. The molecule has 2 aromatic carbocycles. The molecular formula is C19H19FN4OS2. The summed E-state index contributed by atoms with van der Waals surface area (Å²) in [6, 6.07) is 14.0. The molecule has 0 radical (unpaired) electrons. The van der Waals surface area contributed by atoms with Crippen molar-refractivity contribution in [1.82, 2.24) is 20.5 Å². The summed E-state index contributed by atoms with van der Waals surface area (Å²) in [5, 5.41) is 10.3. The van der Waals surface area contributed by atoms with E-state index in [0.717, 1.165) is 33.5 Å². The molecule has 27 heavy (non-hydrogen) atoms. The third-order valence-corrected chi connectivity index (χ3v) is 5.72. The molecule has 0 spiro atoms. The molecule has 0 atom stereocenters. The number of thioether (sulfide) groups is 2. The molecule has 1 amide bonds. The van der Waals surface area contributed by atoms with Crippen molar-refractivity contribution < 1.29 is 9.18 Å². The van der Waals surface area contributed by atoms with Gasteiger partial charge in [0.2, 0.25) is 0 Å². The van der Waals surface area contributed by atoms with Crippen LogP contribution < -0.4 is 5.32 Å². The maximum Gasteiger partial charge on any atom is 0.251 e. The molecule has 2 N–H and O–H groups in total. The summed E-state index contributed by atoms with van der Waals surface area (Å²) in [6.45, 7) is 0.607. The van der Waals surface area contributed by atoms with Crippen molar-refractivity contribution in [2.24, 2.45) is 0 Å². The number of rotatable bonds is 9. The van der Waals surface area contributed by atoms with Crippen molar-refractivity contribution >= 4 is 29.4 Å². The SMILES string of the molecule is O=C(NCCCSc1ccc(F)cc1)c1ccc(CSc2ncn[nH]2)cc1. The lowest BCUT2D eigenvalue weighted by molar-refractivity contribution is 0.0954. The normalized spacial score (nSPS) is 10.7. The van der Waals surface area contributed by atoms with Gasteiger partial charge in [0, 0.05) is 22.8 Å². The molecule has 0 saturated carbocycles. The number of H-pyrrole nitrogens is 1. The van der Waals surface area contributed by atoms with Crippen molar-refractivity contribution in [2.75, 3.05) is 12.3 Å². The number of amides is 1. The molecule has 0 aliphatic rings. The van der Waals surface area contributed by atoms with E-state index in [1.165, 1.54) is 18.5 Å². The number of benzene rings is 2. The summed E-state index contributed by atoms with van der Waals surface area (Å²) in [5.41, 5.74) is 1.76. The molecule has 0 unspecified atom stereocenters. The van der Waals surface area contributed by atoms with Crippen LogP contribution in [-0.4, -0.2) is 33.4 Å². The summed E-state index contributed by atoms with van der Waals surface area (Å²) in [4.78, 5) is 17.3. The second-order valence-corrected chi connectivity index (χ2v) is 7.82. The Morgan fingerprint density at radius 3 is 2.56 bits per heavy atom. The number of aromatic amines is 1. The summed E-state index contributed by atoms with van der Waals surface area (Å²) in [7, 11) is 0. The highest BCUT2D eigenvalue weighted by atomic mass is 32.2. The van der Waals surface area contributed by atoms with Gasteiger partial charge >= 0.3 is 0 Å². The van der Waals surface area contributed by atoms with Gasteiger partial charge in [0.15, 0.2) is 5.16 Å². The highest BCUT2D eigenvalue weighted by Crippen LogP contribution is 2.19. The van der Waals surface area contributed by atoms with Crippen molar-refractivity contribution in [3.8, 4) is 0 Å². The van der Waals surface area contributed by atoms with Crippen LogP contribution in [0.3, 0.4) is 0 Å². The molecule has 0 aliphatic heterocycles. The zero-order valence-electron chi connectivity index (χ0n) is 14.5. The first-order chi connectivity index (χ1) is 13.2. The van der Waals surface area contributed by atoms with E-state index < -0.39 is 0 Å². The van der Waals surface area contributed by atoms with Gasteiger partial charge in [0.25, 0.3) is 5.91 Å². The number of nitrogens with zero attached hydrogens (tertiary/aromatic N) is 2. The quantitative estimate of drug-likeness (QED) is 0.416. The number of hydrogen-bond donors (Lipinski definition) is 2. The Hall–Kier alpha value is -2.32. The van der Waals surface area contributed by atoms with E-state index in [4.69, 9.17) is 0 Å². The van der Waals surface area contributed by atoms with Crippen molar-refractivity contribution in [1.29, 1.82) is 0 Å². The summed E-state index contributed by atoms with van der Waals surface area (Å²) in [6.07, 6.45) is 2.33. The molecule has 3 aromatic rings. The van der Waals surface area contributed by atoms with E-state index in [-0.39, 0.29) is 11.7 Å². The molecule has 8 heteroatoms. The summed E-state index contributed by atoms with van der Waals surface area (Å²) >= 11 is 3.21. The predicted molar refractivity (Wildman–Crippen MR) is 106 cm³/mol. The van der Waals surface area contributed by atoms with E-state index in [1.54, 1.807) is 35.7 Å². The van der Waals surface area contributed by atoms with Gasteiger partial charge in [-0.2, -0.15) is 5.10 Å². The van der Waals surface area contributed by atoms with Gasteiger partial charge in [0.05, 0.1) is 0 Å². The fraction of sp³-hybridized carbons (Fsp3) is 0.211. The first-order valence-electron chi connectivity index (χ1n) is 8.44. The van der Waals surface area contributed by atoms with E-state index >= 15 is 0 Å². The van der Waals surface area contributed by atoms with Crippen molar-refractivity contribution in [3.63, 3.8) is 0 Å². The smallest absolute Gasteiger partial charge is 0.251 e. The Morgan fingerprint density at radius 1 is 1.07 bits per heavy atom. The monoisotopic (exact) mass is 402 g/mol. The number of carbonyl (C=O) groups excluding carboxylic acids is 1. The molecule has 5 nitrogen and oxygen atoms in total. The standard InChI is InChI=1S/C19H19FN4OS2/c20-16-6-8-17(9-7-16)26-11-1-10-21-18(25)15-4-2-14(3-5-15)12-27-19-22-13-23-24-19/h2-9,13H,1,10-12H2,(H,21,25)(H,22,23,24). The lowest BCUT2D eigenvalue weighted by atomic mass is 10.1. The van der Waals surface area contributed by atoms with Gasteiger partial charge < -0.3 is 5.32 Å². The zero-order chi connectivity index (χ0) is 18.9. The second-order valence-electron chi connectivity index (χ2n) is 5.69. The van der Waals surface area contributed by atoms with Gasteiger partial charge in [-0.15, -0.1) is 11.8 Å². The van der Waals surface area contributed by atoms with Gasteiger partial charge in [0.1, 0.15) is 12.1 Å². The highest BCUT2D eigenvalue weighted by Gasteiger charge is 2.05. The topological polar surface area (TPSA) is 70.7 Å². The summed E-state index contributed by atoms with van der Waals surface area (Å²) in [5.74, 6) is 1.33. The average molecular weight is 403 g/mol. The minimum absolute atomic E-state index is 0.0729. The van der Waals surface area contributed by atoms with Gasteiger partial charge in [-0.1, -0.05) is 23.9 Å². The van der Waals surface area contributed by atoms with Gasteiger partial charge in [-0.05, 0) is 54.1 Å². The Kier molecular flexibility index (Phi) is 7.29. The van der Waals surface area contributed by atoms with Crippen LogP contribution in [0, 0.1) is 5.82 Å². The molecule has 0 bridgehead atoms. The number of nitrogens with one attached hydrogen (secondary N) is 2. The van der Waals surface area contributed by atoms with Crippen LogP contribution in [0.2, 0.25) is 0 Å². The molecule has 140 valence electrons. The maximum absolute atomic E-state index is 12.8. The van der Waals surface area contributed by atoms with E-state index in [0.29, 0.717) is 12.1 Å². The molecule has 1 heterocycles. The molecule has 0 saturated heterocycles. The lowest BCUT2D eigenvalue weighted by Crippen LogP contribution is -2.24. The minimum atomic E-state index is -0.228. The molecule has 3 rings (SSSR count). The van der Waals surface area contributed by atoms with Crippen LogP contribution in [0.15, 0.2) is 64.9 Å². The maximum atomic E-state index is 12.8. The van der Waals surface area contributed by atoms with E-state index in [2.05, 4.69) is 20.5 Å². The summed E-state index contributed by atoms with van der Waals surface area (Å²) < 4.78 is 12.8. The third-order valence-electron chi connectivity index (χ3n) is 3.67. The first-order valence-corrected chi connectivity index (χ1v) is 10.4. The van der Waals surface area contributed by atoms with Crippen LogP contribution in [0.5, 0.6) is 0 Å². The predicted octanol–water partition coefficient (Wildman–Crippen LogP) is 4.15. The number of hydrogen-bond acceptors (Lipinski definition) is 5. The molecular weight excluding hydrogens is 383 g/mol. The number of halogens is 1. The van der Waals surface area contributed by atoms with E-state index in [1.807, 2.05) is 24.3 Å². The van der Waals surface area contributed by atoms with Crippen LogP contribution in [0.1, 0.15) is 22.3 Å². The Balaban J connectivity index is 1.35. The fourth-order valence-electron chi connectivity index (χ4n) is 2.26. The highest BCUT2D eigenvalue weighted by molar-refractivity contribution is 7.99. The second kappa shape index (κ2) is 10.1. The number of aromatic nitrogens is 3. The average Bonchev–Trinajstić information content (AvgIpc) is 3.21. The molecule has 0 fully saturated rings. The Bertz CT molecular complexity index is 839. The number of carbonyl (C=O) groups is 1. The van der Waals surface area contributed by atoms with Crippen LogP contribution in [-0.2, 0) is 5.75 Å². The Labute approximate surface area is 165 Å². The van der Waals surface area contributed by atoms with Crippen LogP contribution in [0.4, 0.5) is 4.39 Å². The molecule has 0 aliphatic carbocycles. The van der Waals surface area contributed by atoms with Crippen molar-refractivity contribution in [2.45, 2.75) is 22.2 Å². The largest absolute Gasteiger partial charge is 0.352 e. The van der Waals surface area contributed by atoms with Gasteiger partial charge in [-0.3, -0.25) is 9.89 Å². The lowest BCUT2D eigenvalue weighted by Gasteiger charge is -2.06.